The van der Waals surface area contributed by atoms with Crippen molar-refractivity contribution < 1.29 is 33.3 Å². The predicted octanol–water partition coefficient (Wildman–Crippen LogP) is 20.1. The van der Waals surface area contributed by atoms with E-state index in [1.165, 1.54) is 147 Å². The number of carbonyl (C=O) groups is 3. The monoisotopic (exact) mass is 1060 g/mol. The molecule has 0 amide bonds. The number of hydrogen-bond donors (Lipinski definition) is 0. The Morgan fingerprint density at radius 2 is 0.693 bits per heavy atom. The molecule has 0 aliphatic heterocycles. The molecule has 0 aliphatic rings. The topological polar surface area (TPSA) is 88.1 Å². The zero-order valence-corrected chi connectivity index (χ0v) is 46.6. The number of carbonyl (C=O) groups excluding carboxylic acids is 3. The summed E-state index contributed by atoms with van der Waals surface area (Å²) in [5, 5.41) is 1.12. The van der Waals surface area contributed by atoms with E-state index in [0.717, 1.165) is 47.9 Å². The van der Waals surface area contributed by atoms with Gasteiger partial charge in [-0.15, -0.1) is 0 Å². The van der Waals surface area contributed by atoms with Crippen LogP contribution in [0, 0.1) is 0 Å². The lowest BCUT2D eigenvalue weighted by Crippen LogP contribution is -2.14. The number of ether oxygens (including phenoxy) is 4. The van der Waals surface area contributed by atoms with Crippen molar-refractivity contribution in [3.8, 4) is 23.0 Å². The predicted molar refractivity (Wildman–Crippen MR) is 313 cm³/mol. The molecule has 0 saturated heterocycles. The minimum absolute atomic E-state index is 0.0140. The highest BCUT2D eigenvalue weighted by atomic mass is 35.5. The van der Waals surface area contributed by atoms with Crippen molar-refractivity contribution in [2.75, 3.05) is 13.2 Å². The van der Waals surface area contributed by atoms with Gasteiger partial charge < -0.3 is 18.9 Å². The first kappa shape index (κ1) is 60.2. The number of esters is 2. The summed E-state index contributed by atoms with van der Waals surface area (Å²) in [5.74, 6) is -0.424. The molecule has 0 heterocycles. The van der Waals surface area contributed by atoms with Crippen molar-refractivity contribution in [2.45, 2.75) is 175 Å². The van der Waals surface area contributed by atoms with Crippen LogP contribution in [0.25, 0.3) is 24.3 Å². The lowest BCUT2D eigenvalue weighted by atomic mass is 10.1. The molecule has 0 fully saturated rings. The van der Waals surface area contributed by atoms with Gasteiger partial charge in [0.1, 0.15) is 28.6 Å². The van der Waals surface area contributed by atoms with Crippen LogP contribution in [0.3, 0.4) is 0 Å². The summed E-state index contributed by atoms with van der Waals surface area (Å²) in [6.07, 6.45) is 38.9. The van der Waals surface area contributed by atoms with Crippen molar-refractivity contribution >= 4 is 65.2 Å². The van der Waals surface area contributed by atoms with Crippen molar-refractivity contribution in [3.63, 3.8) is 0 Å². The van der Waals surface area contributed by atoms with E-state index >= 15 is 0 Å². The van der Waals surface area contributed by atoms with Crippen LogP contribution in [0.2, 0.25) is 10.0 Å². The molecule has 0 radical (unpaired) electrons. The fourth-order valence-corrected chi connectivity index (χ4v) is 9.40. The molecule has 9 heteroatoms. The van der Waals surface area contributed by atoms with E-state index in [2.05, 4.69) is 13.8 Å². The summed E-state index contributed by atoms with van der Waals surface area (Å²) in [6, 6.07) is 29.9. The summed E-state index contributed by atoms with van der Waals surface area (Å²) in [6.45, 7) is 7.15. The van der Waals surface area contributed by atoms with E-state index in [1.54, 1.807) is 54.6 Å². The number of hydrogen-bond acceptors (Lipinski definition) is 7. The second kappa shape index (κ2) is 35.6. The molecule has 0 spiro atoms. The van der Waals surface area contributed by atoms with Gasteiger partial charge in [0.05, 0.1) is 34.4 Å². The largest absolute Gasteiger partial charge is 0.492 e. The third kappa shape index (κ3) is 23.0. The van der Waals surface area contributed by atoms with Gasteiger partial charge in [-0.25, -0.2) is 9.59 Å². The van der Waals surface area contributed by atoms with Gasteiger partial charge in [0.2, 0.25) is 0 Å². The maximum atomic E-state index is 13.3. The van der Waals surface area contributed by atoms with Crippen molar-refractivity contribution in [1.29, 1.82) is 0 Å². The van der Waals surface area contributed by atoms with E-state index in [0.29, 0.717) is 34.8 Å². The molecule has 0 unspecified atom stereocenters. The number of halogens is 2. The van der Waals surface area contributed by atoms with Crippen molar-refractivity contribution in [1.82, 2.24) is 0 Å². The Morgan fingerprint density at radius 1 is 0.387 bits per heavy atom. The molecule has 0 aromatic heterocycles. The van der Waals surface area contributed by atoms with Gasteiger partial charge in [-0.05, 0) is 103 Å². The molecule has 402 valence electrons. The average molecular weight is 1060 g/mol. The molecule has 0 atom stereocenters. The summed E-state index contributed by atoms with van der Waals surface area (Å²) in [4.78, 5) is 39.6. The van der Waals surface area contributed by atoms with Gasteiger partial charge in [0, 0.05) is 0 Å². The van der Waals surface area contributed by atoms with Gasteiger partial charge in [0.25, 0.3) is 0 Å². The molecule has 5 aromatic carbocycles. The standard InChI is InChI=1S/C66H82Cl2O7/c1-4-6-8-10-12-14-16-18-20-22-24-26-47-72-60-45-39-54(49-58(60)67)33-31-52-35-41-56(42-36-52)65(70)74-62-29-28-30-63(64(62)51(3)69)75-66(71)57-43-37-53(38-44-57)32-34-55-40-46-61(59(68)50-55)73-48-27-25-23-21-19-17-15-13-11-9-7-5-2/h28-46,49-50H,4-27,47-48H2,1-3H3/b33-31+,34-32+. The maximum absolute atomic E-state index is 13.3. The first-order valence-electron chi connectivity index (χ1n) is 28.1. The molecular formula is C66H82Cl2O7. The van der Waals surface area contributed by atoms with Crippen LogP contribution in [0.15, 0.2) is 103 Å². The second-order valence-electron chi connectivity index (χ2n) is 19.7. The quantitative estimate of drug-likeness (QED) is 0.0129. The van der Waals surface area contributed by atoms with Crippen LogP contribution in [-0.2, 0) is 0 Å². The highest BCUT2D eigenvalue weighted by Gasteiger charge is 2.21. The van der Waals surface area contributed by atoms with E-state index in [-0.39, 0.29) is 28.2 Å². The lowest BCUT2D eigenvalue weighted by molar-refractivity contribution is 0.0728. The maximum Gasteiger partial charge on any atom is 0.343 e. The molecule has 7 nitrogen and oxygen atoms in total. The van der Waals surface area contributed by atoms with E-state index in [4.69, 9.17) is 42.1 Å². The Balaban J connectivity index is 1.03. The van der Waals surface area contributed by atoms with Crippen LogP contribution in [0.5, 0.6) is 23.0 Å². The minimum Gasteiger partial charge on any atom is -0.492 e. The number of ketones is 1. The fraction of sp³-hybridized carbons (Fsp3) is 0.439. The first-order valence-corrected chi connectivity index (χ1v) is 28.9. The zero-order valence-electron chi connectivity index (χ0n) is 45.1. The van der Waals surface area contributed by atoms with Crippen LogP contribution in [-0.4, -0.2) is 30.9 Å². The van der Waals surface area contributed by atoms with E-state index in [1.807, 2.05) is 60.7 Å². The third-order valence-corrected chi connectivity index (χ3v) is 14.0. The Morgan fingerprint density at radius 3 is 1.01 bits per heavy atom. The smallest absolute Gasteiger partial charge is 0.343 e. The number of Topliss-reactive ketones (excluding diaryl/α,β-unsaturated/α-hetero) is 1. The normalized spacial score (nSPS) is 11.4. The van der Waals surface area contributed by atoms with Gasteiger partial charge in [0.15, 0.2) is 5.78 Å². The highest BCUT2D eigenvalue weighted by Crippen LogP contribution is 2.32. The third-order valence-electron chi connectivity index (χ3n) is 13.4. The lowest BCUT2D eigenvalue weighted by Gasteiger charge is -2.13. The van der Waals surface area contributed by atoms with E-state index in [9.17, 15) is 14.4 Å². The Hall–Kier alpha value is -5.63. The van der Waals surface area contributed by atoms with Crippen LogP contribution in [0.1, 0.15) is 228 Å². The van der Waals surface area contributed by atoms with Gasteiger partial charge in [-0.3, -0.25) is 4.79 Å². The fourth-order valence-electron chi connectivity index (χ4n) is 8.92. The van der Waals surface area contributed by atoms with Crippen LogP contribution in [0.4, 0.5) is 0 Å². The summed E-state index contributed by atoms with van der Waals surface area (Å²) >= 11 is 13.2. The number of benzene rings is 5. The highest BCUT2D eigenvalue weighted by molar-refractivity contribution is 6.32. The minimum atomic E-state index is -0.664. The Labute approximate surface area is 459 Å². The molecule has 0 bridgehead atoms. The molecule has 75 heavy (non-hydrogen) atoms. The summed E-state index contributed by atoms with van der Waals surface area (Å²) < 4.78 is 23.4. The SMILES string of the molecule is CCCCCCCCCCCCCCOc1ccc(/C=C/c2ccc(C(=O)Oc3cccc(OC(=O)c4ccc(/C=C/c5ccc(OCCCCCCCCCCCCCC)c(Cl)c5)cc4)c3C(C)=O)cc2)cc1Cl. The second-order valence-corrected chi connectivity index (χ2v) is 20.5. The van der Waals surface area contributed by atoms with Gasteiger partial charge in [-0.2, -0.15) is 0 Å². The molecule has 5 rings (SSSR count). The zero-order chi connectivity index (χ0) is 53.3. The van der Waals surface area contributed by atoms with Crippen LogP contribution >= 0.6 is 23.2 Å². The van der Waals surface area contributed by atoms with Crippen molar-refractivity contribution in [2.24, 2.45) is 0 Å². The van der Waals surface area contributed by atoms with Crippen LogP contribution < -0.4 is 18.9 Å². The molecular weight excluding hydrogens is 976 g/mol. The van der Waals surface area contributed by atoms with Gasteiger partial charge >= 0.3 is 11.9 Å². The number of rotatable bonds is 37. The number of unbranched alkanes of at least 4 members (excludes halogenated alkanes) is 22. The summed E-state index contributed by atoms with van der Waals surface area (Å²) in [7, 11) is 0. The molecule has 0 aliphatic carbocycles. The average Bonchev–Trinajstić information content (AvgIpc) is 3.41. The van der Waals surface area contributed by atoms with E-state index < -0.39 is 17.7 Å². The van der Waals surface area contributed by atoms with Gasteiger partial charge in [-0.1, -0.05) is 245 Å². The Kier molecular flexibility index (Phi) is 28.6. The first-order chi connectivity index (χ1) is 36.6. The molecule has 0 saturated carbocycles. The molecule has 0 N–H and O–H groups in total. The molecule has 5 aromatic rings. The summed E-state index contributed by atoms with van der Waals surface area (Å²) in [5.41, 5.74) is 4.10. The Bertz CT molecular complexity index is 2360. The van der Waals surface area contributed by atoms with Crippen molar-refractivity contribution in [3.05, 3.63) is 152 Å².